The second-order valence-corrected chi connectivity index (χ2v) is 8.47. The average molecular weight is 393 g/mol. The molecule has 0 aliphatic carbocycles. The second-order valence-electron chi connectivity index (χ2n) is 5.71. The fraction of sp³-hybridized carbons (Fsp3) is 0.571. The summed E-state index contributed by atoms with van der Waals surface area (Å²) < 4.78 is 46.4. The van der Waals surface area contributed by atoms with Gasteiger partial charge in [-0.25, -0.2) is 12.8 Å². The molecule has 122 valence electrons. The van der Waals surface area contributed by atoms with E-state index in [2.05, 4.69) is 21.2 Å². The largest absolute Gasteiger partial charge is 0.495 e. The van der Waals surface area contributed by atoms with Gasteiger partial charge < -0.3 is 10.1 Å². The molecule has 2 saturated heterocycles. The van der Waals surface area contributed by atoms with Gasteiger partial charge in [-0.15, -0.1) is 0 Å². The molecule has 2 fully saturated rings. The molecular weight excluding hydrogens is 375 g/mol. The number of rotatable bonds is 3. The van der Waals surface area contributed by atoms with Crippen LogP contribution < -0.4 is 10.1 Å². The topological polar surface area (TPSA) is 58.6 Å². The van der Waals surface area contributed by atoms with Gasteiger partial charge in [0.2, 0.25) is 10.0 Å². The van der Waals surface area contributed by atoms with Crippen molar-refractivity contribution in [2.45, 2.75) is 36.2 Å². The third kappa shape index (κ3) is 2.89. The summed E-state index contributed by atoms with van der Waals surface area (Å²) in [6.07, 6.45) is 2.84. The summed E-state index contributed by atoms with van der Waals surface area (Å²) >= 11 is 3.05. The van der Waals surface area contributed by atoms with Crippen LogP contribution in [0.4, 0.5) is 4.39 Å². The van der Waals surface area contributed by atoms with E-state index < -0.39 is 15.8 Å². The molecule has 0 saturated carbocycles. The molecule has 2 heterocycles. The van der Waals surface area contributed by atoms with Crippen LogP contribution in [0.15, 0.2) is 21.5 Å². The minimum absolute atomic E-state index is 0.117. The lowest BCUT2D eigenvalue weighted by Crippen LogP contribution is -2.39. The van der Waals surface area contributed by atoms with Gasteiger partial charge in [0.05, 0.1) is 11.6 Å². The summed E-state index contributed by atoms with van der Waals surface area (Å²) in [5.74, 6) is -0.468. The fourth-order valence-corrected chi connectivity index (χ4v) is 5.11. The van der Waals surface area contributed by atoms with E-state index in [9.17, 15) is 12.8 Å². The Morgan fingerprint density at radius 2 is 2.05 bits per heavy atom. The number of methoxy groups -OCH3 is 1. The molecule has 3 rings (SSSR count). The van der Waals surface area contributed by atoms with Crippen molar-refractivity contribution in [3.63, 3.8) is 0 Å². The Morgan fingerprint density at radius 1 is 1.32 bits per heavy atom. The number of nitrogens with zero attached hydrogens (tertiary/aromatic N) is 1. The Bertz CT molecular complexity index is 683. The van der Waals surface area contributed by atoms with Crippen molar-refractivity contribution in [2.75, 3.05) is 20.2 Å². The van der Waals surface area contributed by atoms with Gasteiger partial charge in [0.1, 0.15) is 16.5 Å². The van der Waals surface area contributed by atoms with Gasteiger partial charge in [-0.1, -0.05) is 0 Å². The van der Waals surface area contributed by atoms with E-state index in [1.165, 1.54) is 17.5 Å². The minimum atomic E-state index is -3.78. The maximum Gasteiger partial charge on any atom is 0.246 e. The van der Waals surface area contributed by atoms with E-state index in [1.807, 2.05) is 0 Å². The fourth-order valence-electron chi connectivity index (χ4n) is 3.14. The van der Waals surface area contributed by atoms with Crippen LogP contribution in [0.25, 0.3) is 0 Å². The molecular formula is C14H18BrFN2O3S. The maximum absolute atomic E-state index is 13.8. The van der Waals surface area contributed by atoms with E-state index in [1.54, 1.807) is 0 Å². The van der Waals surface area contributed by atoms with Gasteiger partial charge >= 0.3 is 0 Å². The molecule has 2 aliphatic rings. The van der Waals surface area contributed by atoms with E-state index in [-0.39, 0.29) is 21.2 Å². The molecule has 8 heteroatoms. The molecule has 1 aromatic carbocycles. The standard InChI is InChI=1S/C14H18BrFN2O3S/c1-21-13-6-11(15)12(16)7-14(13)22(19,20)18-5-4-9-2-3-10(8-18)17-9/h6-7,9-10,17H,2-5,8H2,1H3. The van der Waals surface area contributed by atoms with Crippen LogP contribution in [-0.4, -0.2) is 45.0 Å². The molecule has 0 amide bonds. The van der Waals surface area contributed by atoms with Crippen molar-refractivity contribution in [2.24, 2.45) is 0 Å². The number of nitrogens with one attached hydrogen (secondary N) is 1. The molecule has 0 spiro atoms. The molecule has 0 radical (unpaired) electrons. The smallest absolute Gasteiger partial charge is 0.246 e. The van der Waals surface area contributed by atoms with E-state index in [4.69, 9.17) is 4.74 Å². The number of benzene rings is 1. The van der Waals surface area contributed by atoms with Crippen molar-refractivity contribution < 1.29 is 17.5 Å². The van der Waals surface area contributed by atoms with Gasteiger partial charge in [0.25, 0.3) is 0 Å². The summed E-state index contributed by atoms with van der Waals surface area (Å²) in [6, 6.07) is 2.93. The normalized spacial score (nSPS) is 26.0. The van der Waals surface area contributed by atoms with Crippen LogP contribution in [0.3, 0.4) is 0 Å². The zero-order valence-electron chi connectivity index (χ0n) is 12.2. The maximum atomic E-state index is 13.8. The van der Waals surface area contributed by atoms with E-state index >= 15 is 0 Å². The number of ether oxygens (including phenoxy) is 1. The molecule has 0 aromatic heterocycles. The van der Waals surface area contributed by atoms with E-state index in [0.717, 1.165) is 25.3 Å². The first-order valence-corrected chi connectivity index (χ1v) is 9.44. The summed E-state index contributed by atoms with van der Waals surface area (Å²) in [6.45, 7) is 0.858. The van der Waals surface area contributed by atoms with Crippen LogP contribution in [0.5, 0.6) is 5.75 Å². The van der Waals surface area contributed by atoms with Gasteiger partial charge in [-0.3, -0.25) is 0 Å². The Labute approximate surface area is 138 Å². The van der Waals surface area contributed by atoms with Crippen LogP contribution in [0.2, 0.25) is 0 Å². The summed E-state index contributed by atoms with van der Waals surface area (Å²) in [5.41, 5.74) is 0. The first kappa shape index (κ1) is 16.2. The van der Waals surface area contributed by atoms with Gasteiger partial charge in [-0.2, -0.15) is 4.31 Å². The van der Waals surface area contributed by atoms with Gasteiger partial charge in [-0.05, 0) is 47.3 Å². The lowest BCUT2D eigenvalue weighted by atomic mass is 10.1. The average Bonchev–Trinajstić information content (AvgIpc) is 2.79. The SMILES string of the molecule is COc1cc(Br)c(F)cc1S(=O)(=O)N1CCC2CCC(C1)N2. The molecule has 1 N–H and O–H groups in total. The highest BCUT2D eigenvalue weighted by molar-refractivity contribution is 9.10. The molecule has 5 nitrogen and oxygen atoms in total. The lowest BCUT2D eigenvalue weighted by Gasteiger charge is -2.24. The number of hydrogen-bond donors (Lipinski definition) is 1. The van der Waals surface area contributed by atoms with Crippen LogP contribution in [0.1, 0.15) is 19.3 Å². The predicted molar refractivity (Wildman–Crippen MR) is 84.0 cm³/mol. The van der Waals surface area contributed by atoms with Gasteiger partial charge in [0.15, 0.2) is 0 Å². The number of hydrogen-bond acceptors (Lipinski definition) is 4. The van der Waals surface area contributed by atoms with Crippen molar-refractivity contribution in [1.29, 1.82) is 0 Å². The number of fused-ring (bicyclic) bond motifs is 2. The molecule has 2 unspecified atom stereocenters. The zero-order valence-corrected chi connectivity index (χ0v) is 14.6. The van der Waals surface area contributed by atoms with Crippen molar-refractivity contribution >= 4 is 26.0 Å². The zero-order chi connectivity index (χ0) is 15.9. The lowest BCUT2D eigenvalue weighted by molar-refractivity contribution is 0.372. The Hall–Kier alpha value is -0.700. The summed E-state index contributed by atoms with van der Waals surface area (Å²) in [5, 5.41) is 3.44. The molecule has 2 bridgehead atoms. The Morgan fingerprint density at radius 3 is 2.77 bits per heavy atom. The van der Waals surface area contributed by atoms with Crippen LogP contribution in [0, 0.1) is 5.82 Å². The van der Waals surface area contributed by atoms with E-state index in [0.29, 0.717) is 19.1 Å². The second kappa shape index (κ2) is 6.07. The Balaban J connectivity index is 1.97. The highest BCUT2D eigenvalue weighted by Gasteiger charge is 2.36. The van der Waals surface area contributed by atoms with Gasteiger partial charge in [0, 0.05) is 25.2 Å². The third-order valence-electron chi connectivity index (χ3n) is 4.31. The predicted octanol–water partition coefficient (Wildman–Crippen LogP) is 2.11. The van der Waals surface area contributed by atoms with Crippen molar-refractivity contribution in [1.82, 2.24) is 9.62 Å². The summed E-state index contributed by atoms with van der Waals surface area (Å²) in [7, 11) is -2.40. The Kier molecular flexibility index (Phi) is 4.46. The first-order chi connectivity index (χ1) is 10.4. The monoisotopic (exact) mass is 392 g/mol. The number of sulfonamides is 1. The number of halogens is 2. The minimum Gasteiger partial charge on any atom is -0.495 e. The highest BCUT2D eigenvalue weighted by atomic mass is 79.9. The molecule has 2 atom stereocenters. The van der Waals surface area contributed by atoms with Crippen molar-refractivity contribution in [3.8, 4) is 5.75 Å². The van der Waals surface area contributed by atoms with Crippen molar-refractivity contribution in [3.05, 3.63) is 22.4 Å². The molecule has 2 aliphatic heterocycles. The molecule has 1 aromatic rings. The first-order valence-electron chi connectivity index (χ1n) is 7.21. The summed E-state index contributed by atoms with van der Waals surface area (Å²) in [4.78, 5) is -0.117. The van der Waals surface area contributed by atoms with Crippen LogP contribution in [-0.2, 0) is 10.0 Å². The van der Waals surface area contributed by atoms with Crippen LogP contribution >= 0.6 is 15.9 Å². The quantitative estimate of drug-likeness (QED) is 0.855. The highest BCUT2D eigenvalue weighted by Crippen LogP contribution is 2.33. The third-order valence-corrected chi connectivity index (χ3v) is 6.80. The molecule has 22 heavy (non-hydrogen) atoms.